The summed E-state index contributed by atoms with van der Waals surface area (Å²) < 4.78 is 5.44. The average Bonchev–Trinajstić information content (AvgIpc) is 2.91. The van der Waals surface area contributed by atoms with Gasteiger partial charge in [0.1, 0.15) is 0 Å². The summed E-state index contributed by atoms with van der Waals surface area (Å²) in [4.78, 5) is 4.60. The quantitative estimate of drug-likeness (QED) is 0.908. The lowest BCUT2D eigenvalue weighted by molar-refractivity contribution is 0.337. The van der Waals surface area contributed by atoms with Gasteiger partial charge in [0.2, 0.25) is 5.89 Å². The molecule has 1 aromatic carbocycles. The summed E-state index contributed by atoms with van der Waals surface area (Å²) in [5.74, 6) is 4.08. The zero-order chi connectivity index (χ0) is 12.7. The normalized spacial score (nSPS) is 25.7. The van der Waals surface area contributed by atoms with E-state index in [0.717, 1.165) is 36.2 Å². The van der Waals surface area contributed by atoms with Crippen molar-refractivity contribution in [3.63, 3.8) is 0 Å². The molecule has 4 rings (SSSR count). The van der Waals surface area contributed by atoms with E-state index >= 15 is 0 Å². The van der Waals surface area contributed by atoms with E-state index in [4.69, 9.17) is 4.52 Å². The number of rotatable bonds is 2. The maximum Gasteiger partial charge on any atom is 0.244 e. The van der Waals surface area contributed by atoms with Crippen molar-refractivity contribution in [1.82, 2.24) is 15.5 Å². The Hall–Kier alpha value is -1.33. The molecule has 1 aromatic heterocycles. The number of benzene rings is 1. The number of fused-ring (bicyclic) bond motifs is 1. The van der Waals surface area contributed by atoms with Crippen LogP contribution in [-0.4, -0.2) is 28.2 Å². The molecule has 2 aromatic rings. The Balaban J connectivity index is 1.56. The standard InChI is InChI=1S/C14H15N3OS/c1-2-4-10-9(3-1)7-11(10)13-16-14(18-17-13)12-8-19-6-5-15-12/h1-4,11-12,15H,5-8H2. The topological polar surface area (TPSA) is 51.0 Å². The van der Waals surface area contributed by atoms with Crippen molar-refractivity contribution in [3.05, 3.63) is 47.1 Å². The van der Waals surface area contributed by atoms with Crippen LogP contribution in [0.15, 0.2) is 28.8 Å². The molecule has 4 nitrogen and oxygen atoms in total. The first-order chi connectivity index (χ1) is 9.42. The van der Waals surface area contributed by atoms with Gasteiger partial charge in [-0.3, -0.25) is 0 Å². The highest BCUT2D eigenvalue weighted by atomic mass is 32.2. The van der Waals surface area contributed by atoms with E-state index in [0.29, 0.717) is 5.92 Å². The fourth-order valence-electron chi connectivity index (χ4n) is 2.74. The molecule has 0 spiro atoms. The third-order valence-electron chi connectivity index (χ3n) is 3.84. The zero-order valence-corrected chi connectivity index (χ0v) is 11.3. The number of nitrogens with zero attached hydrogens (tertiary/aromatic N) is 2. The predicted octanol–water partition coefficient (Wildman–Crippen LogP) is 2.14. The molecule has 5 heteroatoms. The molecule has 1 saturated heterocycles. The Morgan fingerprint density at radius 2 is 2.26 bits per heavy atom. The molecular weight excluding hydrogens is 258 g/mol. The minimum Gasteiger partial charge on any atom is -0.338 e. The second kappa shape index (κ2) is 4.65. The molecule has 2 unspecified atom stereocenters. The maximum absolute atomic E-state index is 5.44. The monoisotopic (exact) mass is 273 g/mol. The van der Waals surface area contributed by atoms with Crippen molar-refractivity contribution in [1.29, 1.82) is 0 Å². The first-order valence-corrected chi connectivity index (χ1v) is 7.80. The van der Waals surface area contributed by atoms with Gasteiger partial charge in [0.05, 0.1) is 12.0 Å². The van der Waals surface area contributed by atoms with Gasteiger partial charge in [-0.25, -0.2) is 0 Å². The smallest absolute Gasteiger partial charge is 0.244 e. The van der Waals surface area contributed by atoms with Gasteiger partial charge < -0.3 is 9.84 Å². The third-order valence-corrected chi connectivity index (χ3v) is 4.91. The van der Waals surface area contributed by atoms with Gasteiger partial charge in [-0.2, -0.15) is 16.7 Å². The van der Waals surface area contributed by atoms with Gasteiger partial charge in [0.15, 0.2) is 5.82 Å². The molecule has 0 radical (unpaired) electrons. The minimum atomic E-state index is 0.218. The largest absolute Gasteiger partial charge is 0.338 e. The summed E-state index contributed by atoms with van der Waals surface area (Å²) >= 11 is 1.93. The Bertz CT molecular complexity index is 592. The van der Waals surface area contributed by atoms with Crippen LogP contribution in [0.5, 0.6) is 0 Å². The number of hydrogen-bond acceptors (Lipinski definition) is 5. The number of hydrogen-bond donors (Lipinski definition) is 1. The summed E-state index contributed by atoms with van der Waals surface area (Å²) in [6, 6.07) is 8.71. The van der Waals surface area contributed by atoms with Crippen LogP contribution in [0.25, 0.3) is 0 Å². The number of nitrogens with one attached hydrogen (secondary N) is 1. The number of thioether (sulfide) groups is 1. The first kappa shape index (κ1) is 11.5. The molecular formula is C14H15N3OS. The average molecular weight is 273 g/mol. The van der Waals surface area contributed by atoms with Gasteiger partial charge in [0.25, 0.3) is 0 Å². The first-order valence-electron chi connectivity index (χ1n) is 6.64. The summed E-state index contributed by atoms with van der Waals surface area (Å²) in [5.41, 5.74) is 2.76. The Labute approximate surface area is 116 Å². The van der Waals surface area contributed by atoms with E-state index in [2.05, 4.69) is 39.7 Å². The van der Waals surface area contributed by atoms with E-state index in [1.54, 1.807) is 0 Å². The molecule has 1 fully saturated rings. The molecule has 0 saturated carbocycles. The summed E-state index contributed by atoms with van der Waals surface area (Å²) in [7, 11) is 0. The molecule has 1 N–H and O–H groups in total. The van der Waals surface area contributed by atoms with Gasteiger partial charge in [0, 0.05) is 18.1 Å². The minimum absolute atomic E-state index is 0.218. The van der Waals surface area contributed by atoms with E-state index < -0.39 is 0 Å². The van der Waals surface area contributed by atoms with Crippen LogP contribution in [0.3, 0.4) is 0 Å². The molecule has 0 bridgehead atoms. The predicted molar refractivity (Wildman–Crippen MR) is 74.4 cm³/mol. The molecule has 1 aliphatic heterocycles. The molecule has 1 aliphatic carbocycles. The molecule has 98 valence electrons. The van der Waals surface area contributed by atoms with Crippen LogP contribution in [0.2, 0.25) is 0 Å². The van der Waals surface area contributed by atoms with Crippen molar-refractivity contribution >= 4 is 11.8 Å². The van der Waals surface area contributed by atoms with Gasteiger partial charge >= 0.3 is 0 Å². The highest BCUT2D eigenvalue weighted by Crippen LogP contribution is 2.38. The Morgan fingerprint density at radius 3 is 3.11 bits per heavy atom. The van der Waals surface area contributed by atoms with E-state index in [-0.39, 0.29) is 6.04 Å². The molecule has 19 heavy (non-hydrogen) atoms. The van der Waals surface area contributed by atoms with Crippen LogP contribution in [0.1, 0.15) is 34.8 Å². The third kappa shape index (κ3) is 1.97. The van der Waals surface area contributed by atoms with Crippen molar-refractivity contribution < 1.29 is 4.52 Å². The summed E-state index contributed by atoms with van der Waals surface area (Å²) in [6.45, 7) is 1.01. The lowest BCUT2D eigenvalue weighted by atomic mass is 9.77. The van der Waals surface area contributed by atoms with Crippen molar-refractivity contribution in [2.45, 2.75) is 18.4 Å². The molecule has 2 aliphatic rings. The van der Waals surface area contributed by atoms with Crippen molar-refractivity contribution in [2.24, 2.45) is 0 Å². The number of aromatic nitrogens is 2. The van der Waals surface area contributed by atoms with E-state index in [9.17, 15) is 0 Å². The van der Waals surface area contributed by atoms with Gasteiger partial charge in [-0.15, -0.1) is 0 Å². The maximum atomic E-state index is 5.44. The van der Waals surface area contributed by atoms with E-state index in [1.807, 2.05) is 11.8 Å². The fraction of sp³-hybridized carbons (Fsp3) is 0.429. The Kier molecular flexibility index (Phi) is 2.81. The highest BCUT2D eigenvalue weighted by Gasteiger charge is 2.32. The van der Waals surface area contributed by atoms with Crippen LogP contribution in [0.4, 0.5) is 0 Å². The van der Waals surface area contributed by atoms with Gasteiger partial charge in [-0.1, -0.05) is 29.4 Å². The molecule has 0 amide bonds. The van der Waals surface area contributed by atoms with Crippen LogP contribution in [0, 0.1) is 0 Å². The van der Waals surface area contributed by atoms with Crippen LogP contribution in [-0.2, 0) is 6.42 Å². The zero-order valence-electron chi connectivity index (χ0n) is 10.5. The molecule has 2 heterocycles. The van der Waals surface area contributed by atoms with Gasteiger partial charge in [-0.05, 0) is 17.5 Å². The van der Waals surface area contributed by atoms with Crippen LogP contribution < -0.4 is 5.32 Å². The molecule has 2 atom stereocenters. The fourth-order valence-corrected chi connectivity index (χ4v) is 3.67. The Morgan fingerprint density at radius 1 is 1.32 bits per heavy atom. The van der Waals surface area contributed by atoms with E-state index in [1.165, 1.54) is 11.1 Å². The second-order valence-electron chi connectivity index (χ2n) is 5.03. The van der Waals surface area contributed by atoms with Crippen molar-refractivity contribution in [3.8, 4) is 0 Å². The summed E-state index contributed by atoms with van der Waals surface area (Å²) in [5, 5.41) is 7.60. The van der Waals surface area contributed by atoms with Crippen molar-refractivity contribution in [2.75, 3.05) is 18.1 Å². The summed E-state index contributed by atoms with van der Waals surface area (Å²) in [6.07, 6.45) is 1.03. The lowest BCUT2D eigenvalue weighted by Crippen LogP contribution is -2.30. The van der Waals surface area contributed by atoms with Crippen LogP contribution >= 0.6 is 11.8 Å². The second-order valence-corrected chi connectivity index (χ2v) is 6.18. The lowest BCUT2D eigenvalue weighted by Gasteiger charge is -2.27. The SMILES string of the molecule is c1ccc2c(c1)CC2c1noc(C2CSCCN2)n1. The highest BCUT2D eigenvalue weighted by molar-refractivity contribution is 7.99.